The number of aliphatic imine (C=N–C) groups is 1. The molecule has 3 heterocycles. The van der Waals surface area contributed by atoms with Gasteiger partial charge in [0.2, 0.25) is 0 Å². The van der Waals surface area contributed by atoms with Crippen molar-refractivity contribution in [3.8, 4) is 0 Å². The molecule has 1 aromatic heterocycles. The van der Waals surface area contributed by atoms with Crippen LogP contribution in [0.2, 0.25) is 0 Å². The van der Waals surface area contributed by atoms with E-state index >= 15 is 0 Å². The first-order valence-corrected chi connectivity index (χ1v) is 15.7. The predicted molar refractivity (Wildman–Crippen MR) is 178 cm³/mol. The summed E-state index contributed by atoms with van der Waals surface area (Å²) >= 11 is 1.46. The monoisotopic (exact) mass is 570 g/mol. The number of piperidine rings is 1. The van der Waals surface area contributed by atoms with Crippen molar-refractivity contribution in [2.45, 2.75) is 32.7 Å². The number of nitrogens with zero attached hydrogens (tertiary/aromatic N) is 4. The normalized spacial score (nSPS) is 17.8. The number of para-hydroxylation sites is 1. The van der Waals surface area contributed by atoms with Gasteiger partial charge < -0.3 is 9.47 Å². The lowest BCUT2D eigenvalue weighted by Crippen LogP contribution is -2.29. The summed E-state index contributed by atoms with van der Waals surface area (Å²) in [4.78, 5) is 23.4. The molecule has 5 aromatic rings. The van der Waals surface area contributed by atoms with Crippen LogP contribution in [0, 0.1) is 0 Å². The van der Waals surface area contributed by atoms with E-state index in [0.717, 1.165) is 47.0 Å². The van der Waals surface area contributed by atoms with Gasteiger partial charge in [-0.05, 0) is 90.7 Å². The minimum atomic E-state index is 0.0112. The first-order chi connectivity index (χ1) is 20.7. The van der Waals surface area contributed by atoms with Crippen LogP contribution in [0.5, 0.6) is 0 Å². The molecule has 2 saturated heterocycles. The van der Waals surface area contributed by atoms with Crippen molar-refractivity contribution in [1.82, 2.24) is 9.47 Å². The van der Waals surface area contributed by atoms with Gasteiger partial charge >= 0.3 is 0 Å². The summed E-state index contributed by atoms with van der Waals surface area (Å²) in [5.41, 5.74) is 5.60. The highest BCUT2D eigenvalue weighted by molar-refractivity contribution is 8.18. The number of carbonyl (C=O) groups excluding carboxylic acids is 1. The number of aromatic nitrogens is 1. The van der Waals surface area contributed by atoms with E-state index in [4.69, 9.17) is 4.99 Å². The Labute approximate surface area is 251 Å². The summed E-state index contributed by atoms with van der Waals surface area (Å²) in [5.74, 6) is 0.0112. The summed E-state index contributed by atoms with van der Waals surface area (Å²) in [6.07, 6.45) is 8.05. The Balaban J connectivity index is 1.19. The van der Waals surface area contributed by atoms with Crippen LogP contribution >= 0.6 is 11.8 Å². The molecule has 1 amide bonds. The standard InChI is InChI=1S/C36H34N4OS/c1-2-40-35(41)34(42-36(40)37-29-17-19-30(20-18-29)38-21-8-3-9-22-38)23-28-25-39(33-16-7-6-15-32(28)33)24-27-13-10-12-26-11-4-5-14-31(26)27/h4-7,10-20,23,25H,2-3,8-9,21-22,24H2,1H3/b34-23-,37-36?. The van der Waals surface area contributed by atoms with Crippen molar-refractivity contribution < 1.29 is 4.79 Å². The fraction of sp³-hybridized carbons (Fsp3) is 0.222. The van der Waals surface area contributed by atoms with Crippen LogP contribution in [0.3, 0.4) is 0 Å². The lowest BCUT2D eigenvalue weighted by molar-refractivity contribution is -0.122. The summed E-state index contributed by atoms with van der Waals surface area (Å²) in [5, 5.41) is 4.39. The molecule has 0 bridgehead atoms. The van der Waals surface area contributed by atoms with Gasteiger partial charge in [-0.2, -0.15) is 0 Å². The molecule has 0 saturated carbocycles. The van der Waals surface area contributed by atoms with Crippen LogP contribution in [0.1, 0.15) is 37.3 Å². The Morgan fingerprint density at radius 1 is 0.833 bits per heavy atom. The molecule has 6 heteroatoms. The van der Waals surface area contributed by atoms with Gasteiger partial charge in [0.05, 0.1) is 10.6 Å². The highest BCUT2D eigenvalue weighted by atomic mass is 32.2. The number of thioether (sulfide) groups is 1. The quantitative estimate of drug-likeness (QED) is 0.192. The molecule has 2 aliphatic rings. The minimum Gasteiger partial charge on any atom is -0.372 e. The predicted octanol–water partition coefficient (Wildman–Crippen LogP) is 8.46. The van der Waals surface area contributed by atoms with E-state index in [-0.39, 0.29) is 5.91 Å². The van der Waals surface area contributed by atoms with E-state index in [9.17, 15) is 4.79 Å². The Kier molecular flexibility index (Phi) is 7.30. The maximum atomic E-state index is 13.5. The SMILES string of the molecule is CCN1C(=O)/C(=C/c2cn(Cc3cccc4ccccc34)c3ccccc23)SC1=Nc1ccc(N2CCCCC2)cc1. The largest absolute Gasteiger partial charge is 0.372 e. The van der Waals surface area contributed by atoms with Gasteiger partial charge in [-0.15, -0.1) is 0 Å². The molecule has 4 aromatic carbocycles. The van der Waals surface area contributed by atoms with E-state index < -0.39 is 0 Å². The van der Waals surface area contributed by atoms with Crippen molar-refractivity contribution in [1.29, 1.82) is 0 Å². The van der Waals surface area contributed by atoms with Crippen LogP contribution < -0.4 is 4.90 Å². The second-order valence-electron chi connectivity index (χ2n) is 11.0. The molecule has 2 fully saturated rings. The van der Waals surface area contributed by atoms with Gasteiger partial charge in [0.25, 0.3) is 5.91 Å². The third kappa shape index (κ3) is 5.12. The topological polar surface area (TPSA) is 40.8 Å². The summed E-state index contributed by atoms with van der Waals surface area (Å²) < 4.78 is 2.30. The highest BCUT2D eigenvalue weighted by Gasteiger charge is 2.32. The van der Waals surface area contributed by atoms with Crippen molar-refractivity contribution in [3.05, 3.63) is 113 Å². The second-order valence-corrected chi connectivity index (χ2v) is 12.0. The molecule has 0 unspecified atom stereocenters. The zero-order valence-electron chi connectivity index (χ0n) is 23.9. The van der Waals surface area contributed by atoms with E-state index in [0.29, 0.717) is 11.4 Å². The van der Waals surface area contributed by atoms with Crippen LogP contribution in [-0.2, 0) is 11.3 Å². The zero-order chi connectivity index (χ0) is 28.5. The molecule has 42 heavy (non-hydrogen) atoms. The zero-order valence-corrected chi connectivity index (χ0v) is 24.7. The third-order valence-electron chi connectivity index (χ3n) is 8.33. The van der Waals surface area contributed by atoms with E-state index in [2.05, 4.69) is 107 Å². The molecule has 5 nitrogen and oxygen atoms in total. The Morgan fingerprint density at radius 3 is 2.38 bits per heavy atom. The van der Waals surface area contributed by atoms with Crippen molar-refractivity contribution >= 4 is 62.0 Å². The number of likely N-dealkylation sites (N-methyl/N-ethyl adjacent to an activating group) is 1. The number of fused-ring (bicyclic) bond motifs is 2. The van der Waals surface area contributed by atoms with Crippen LogP contribution in [0.15, 0.2) is 107 Å². The van der Waals surface area contributed by atoms with E-state index in [1.807, 2.05) is 13.0 Å². The molecular formula is C36H34N4OS. The van der Waals surface area contributed by atoms with Gasteiger partial charge in [0.1, 0.15) is 0 Å². The number of hydrogen-bond donors (Lipinski definition) is 0. The van der Waals surface area contributed by atoms with Crippen molar-refractivity contribution in [2.75, 3.05) is 24.5 Å². The lowest BCUT2D eigenvalue weighted by Gasteiger charge is -2.28. The molecule has 0 radical (unpaired) electrons. The summed E-state index contributed by atoms with van der Waals surface area (Å²) in [6, 6.07) is 31.9. The second kappa shape index (κ2) is 11.5. The Hall–Kier alpha value is -4.29. The number of amidine groups is 1. The number of amides is 1. The molecule has 2 aliphatic heterocycles. The van der Waals surface area contributed by atoms with Gasteiger partial charge in [-0.25, -0.2) is 4.99 Å². The molecule has 7 rings (SSSR count). The maximum absolute atomic E-state index is 13.5. The van der Waals surface area contributed by atoms with E-state index in [1.54, 1.807) is 4.90 Å². The lowest BCUT2D eigenvalue weighted by atomic mass is 10.0. The average molecular weight is 571 g/mol. The number of hydrogen-bond acceptors (Lipinski definition) is 4. The summed E-state index contributed by atoms with van der Waals surface area (Å²) in [7, 11) is 0. The van der Waals surface area contributed by atoms with Crippen molar-refractivity contribution in [2.24, 2.45) is 4.99 Å². The molecule has 0 aliphatic carbocycles. The fourth-order valence-corrected chi connectivity index (χ4v) is 7.20. The van der Waals surface area contributed by atoms with Gasteiger partial charge in [-0.1, -0.05) is 60.7 Å². The van der Waals surface area contributed by atoms with Crippen LogP contribution in [0.4, 0.5) is 11.4 Å². The molecule has 0 N–H and O–H groups in total. The molecule has 0 atom stereocenters. The molecule has 210 valence electrons. The highest BCUT2D eigenvalue weighted by Crippen LogP contribution is 2.36. The first kappa shape index (κ1) is 26.6. The number of carbonyl (C=O) groups is 1. The first-order valence-electron chi connectivity index (χ1n) is 14.9. The fourth-order valence-electron chi connectivity index (χ4n) is 6.15. The van der Waals surface area contributed by atoms with Gasteiger partial charge in [0.15, 0.2) is 5.17 Å². The smallest absolute Gasteiger partial charge is 0.266 e. The summed E-state index contributed by atoms with van der Waals surface area (Å²) in [6.45, 7) is 5.58. The Bertz CT molecular complexity index is 1820. The van der Waals surface area contributed by atoms with Crippen LogP contribution in [0.25, 0.3) is 27.8 Å². The van der Waals surface area contributed by atoms with Gasteiger partial charge in [-0.3, -0.25) is 9.69 Å². The number of benzene rings is 4. The minimum absolute atomic E-state index is 0.0112. The average Bonchev–Trinajstić information content (AvgIpc) is 3.53. The number of anilines is 1. The van der Waals surface area contributed by atoms with Crippen molar-refractivity contribution in [3.63, 3.8) is 0 Å². The number of rotatable bonds is 6. The Morgan fingerprint density at radius 2 is 1.57 bits per heavy atom. The van der Waals surface area contributed by atoms with Crippen LogP contribution in [-0.4, -0.2) is 40.2 Å². The molecule has 0 spiro atoms. The molecular weight excluding hydrogens is 536 g/mol. The van der Waals surface area contributed by atoms with E-state index in [1.165, 1.54) is 53.0 Å². The van der Waals surface area contributed by atoms with Gasteiger partial charge in [0, 0.05) is 54.5 Å². The maximum Gasteiger partial charge on any atom is 0.266 e. The third-order valence-corrected chi connectivity index (χ3v) is 9.33.